The maximum atomic E-state index is 3.48. The minimum Gasteiger partial charge on any atom is -0.379 e. The largest absolute Gasteiger partial charge is 0.379 e. The molecule has 1 heterocycles. The van der Waals surface area contributed by atoms with E-state index in [1.807, 2.05) is 0 Å². The fourth-order valence-electron chi connectivity index (χ4n) is 1.78. The minimum atomic E-state index is 0.393. The summed E-state index contributed by atoms with van der Waals surface area (Å²) in [6.07, 6.45) is 3.24. The van der Waals surface area contributed by atoms with Crippen molar-refractivity contribution in [2.45, 2.75) is 26.3 Å². The van der Waals surface area contributed by atoms with Gasteiger partial charge in [0.2, 0.25) is 0 Å². The molecule has 0 radical (unpaired) electrons. The van der Waals surface area contributed by atoms with Crippen LogP contribution < -0.4 is 5.32 Å². The molecule has 0 spiro atoms. The first-order valence-electron chi connectivity index (χ1n) is 4.60. The van der Waals surface area contributed by atoms with Gasteiger partial charge in [0.05, 0.1) is 10.6 Å². The lowest BCUT2D eigenvalue weighted by Gasteiger charge is -2.30. The Hall–Kier alpha value is -0.440. The second-order valence-electron chi connectivity index (χ2n) is 3.52. The van der Waals surface area contributed by atoms with Crippen LogP contribution in [-0.4, -0.2) is 25.0 Å². The molecule has 0 aromatic carbocycles. The quantitative estimate of drug-likeness (QED) is 0.752. The molecule has 0 fully saturated rings. The predicted molar refractivity (Wildman–Crippen MR) is 60.6 cm³/mol. The van der Waals surface area contributed by atoms with Crippen LogP contribution in [0.5, 0.6) is 0 Å². The molecular weight excluding hydrogens is 228 g/mol. The van der Waals surface area contributed by atoms with E-state index in [9.17, 15) is 0 Å². The molecule has 74 valence electrons. The van der Waals surface area contributed by atoms with Gasteiger partial charge >= 0.3 is 0 Å². The third-order valence-corrected chi connectivity index (χ3v) is 2.72. The first kappa shape index (κ1) is 10.6. The van der Waals surface area contributed by atoms with Crippen LogP contribution >= 0.6 is 15.9 Å². The van der Waals surface area contributed by atoms with Crippen molar-refractivity contribution in [2.24, 2.45) is 0 Å². The molecule has 0 aliphatic carbocycles. The Balaban J connectivity index is 3.05. The topological polar surface area (TPSA) is 15.3 Å². The lowest BCUT2D eigenvalue weighted by atomic mass is 10.0. The van der Waals surface area contributed by atoms with E-state index in [-0.39, 0.29) is 0 Å². The van der Waals surface area contributed by atoms with Crippen LogP contribution in [0.15, 0.2) is 22.0 Å². The number of allylic oxidation sites excluding steroid dienone is 2. The number of dihydropyridines is 1. The molecule has 1 unspecified atom stereocenters. The summed E-state index contributed by atoms with van der Waals surface area (Å²) < 4.78 is 1.09. The molecule has 3 heteroatoms. The Kier molecular flexibility index (Phi) is 3.42. The van der Waals surface area contributed by atoms with E-state index >= 15 is 0 Å². The second-order valence-corrected chi connectivity index (χ2v) is 4.37. The summed E-state index contributed by atoms with van der Waals surface area (Å²) in [6.45, 7) is 4.37. The molecule has 0 amide bonds. The highest BCUT2D eigenvalue weighted by molar-refractivity contribution is 9.11. The van der Waals surface area contributed by atoms with E-state index in [0.29, 0.717) is 6.04 Å². The van der Waals surface area contributed by atoms with Crippen molar-refractivity contribution in [3.63, 3.8) is 0 Å². The van der Waals surface area contributed by atoms with Crippen molar-refractivity contribution in [1.82, 2.24) is 10.2 Å². The Morgan fingerprint density at radius 1 is 1.54 bits per heavy atom. The monoisotopic (exact) mass is 244 g/mol. The number of likely N-dealkylation sites (N-methyl/N-ethyl adjacent to an activating group) is 1. The van der Waals surface area contributed by atoms with Crippen LogP contribution in [0.2, 0.25) is 0 Å². The normalized spacial score (nSPS) is 22.5. The molecule has 0 aromatic heterocycles. The van der Waals surface area contributed by atoms with E-state index in [2.05, 4.69) is 60.2 Å². The number of hydrogen-bond donors (Lipinski definition) is 1. The molecule has 0 saturated heterocycles. The van der Waals surface area contributed by atoms with Gasteiger partial charge in [-0.15, -0.1) is 0 Å². The van der Waals surface area contributed by atoms with Crippen molar-refractivity contribution in [3.05, 3.63) is 22.0 Å². The summed E-state index contributed by atoms with van der Waals surface area (Å²) in [5, 5.41) is 3.35. The van der Waals surface area contributed by atoms with Gasteiger partial charge in [-0.05, 0) is 40.9 Å². The van der Waals surface area contributed by atoms with Gasteiger partial charge in [0.15, 0.2) is 0 Å². The standard InChI is InChI=1S/C10H17BrN2/c1-5-8-6-9(11)12-7(2)10(8)13(3)4/h6-7,12H,5H2,1-4H3. The first-order valence-corrected chi connectivity index (χ1v) is 5.39. The Labute approximate surface area is 88.8 Å². The van der Waals surface area contributed by atoms with Crippen molar-refractivity contribution in [2.75, 3.05) is 14.1 Å². The van der Waals surface area contributed by atoms with Gasteiger partial charge < -0.3 is 10.2 Å². The summed E-state index contributed by atoms with van der Waals surface area (Å²) in [5.41, 5.74) is 2.79. The smallest absolute Gasteiger partial charge is 0.0788 e. The van der Waals surface area contributed by atoms with Crippen molar-refractivity contribution in [1.29, 1.82) is 0 Å². The highest BCUT2D eigenvalue weighted by atomic mass is 79.9. The molecule has 0 saturated carbocycles. The summed E-state index contributed by atoms with van der Waals surface area (Å²) >= 11 is 3.48. The van der Waals surface area contributed by atoms with E-state index in [0.717, 1.165) is 11.0 Å². The highest BCUT2D eigenvalue weighted by Gasteiger charge is 2.18. The van der Waals surface area contributed by atoms with Crippen LogP contribution in [0.25, 0.3) is 0 Å². The van der Waals surface area contributed by atoms with Gasteiger partial charge in [-0.3, -0.25) is 0 Å². The van der Waals surface area contributed by atoms with Crippen molar-refractivity contribution >= 4 is 15.9 Å². The van der Waals surface area contributed by atoms with E-state index in [1.165, 1.54) is 11.3 Å². The summed E-state index contributed by atoms with van der Waals surface area (Å²) in [6, 6.07) is 0.393. The fraction of sp³-hybridized carbons (Fsp3) is 0.600. The summed E-state index contributed by atoms with van der Waals surface area (Å²) in [5.74, 6) is 0. The highest BCUT2D eigenvalue weighted by Crippen LogP contribution is 2.24. The number of nitrogens with zero attached hydrogens (tertiary/aromatic N) is 1. The van der Waals surface area contributed by atoms with Crippen LogP contribution in [-0.2, 0) is 0 Å². The van der Waals surface area contributed by atoms with E-state index in [4.69, 9.17) is 0 Å². The predicted octanol–water partition coefficient (Wildman–Crippen LogP) is 2.44. The SMILES string of the molecule is CCC1=C(N(C)C)C(C)NC(Br)=C1. The molecule has 1 N–H and O–H groups in total. The zero-order valence-corrected chi connectivity index (χ0v) is 10.3. The number of halogens is 1. The zero-order chi connectivity index (χ0) is 10.0. The lowest BCUT2D eigenvalue weighted by molar-refractivity contribution is 0.441. The molecule has 1 aliphatic rings. The number of hydrogen-bond acceptors (Lipinski definition) is 2. The van der Waals surface area contributed by atoms with Crippen molar-refractivity contribution in [3.8, 4) is 0 Å². The molecule has 1 atom stereocenters. The molecule has 1 aliphatic heterocycles. The van der Waals surface area contributed by atoms with Gasteiger partial charge in [-0.25, -0.2) is 0 Å². The third-order valence-electron chi connectivity index (χ3n) is 2.26. The van der Waals surface area contributed by atoms with Gasteiger partial charge in [-0.1, -0.05) is 6.92 Å². The van der Waals surface area contributed by atoms with Gasteiger partial charge in [0.25, 0.3) is 0 Å². The van der Waals surface area contributed by atoms with E-state index < -0.39 is 0 Å². The molecule has 1 rings (SSSR count). The van der Waals surface area contributed by atoms with Crippen molar-refractivity contribution < 1.29 is 0 Å². The molecule has 0 bridgehead atoms. The first-order chi connectivity index (χ1) is 6.06. The fourth-order valence-corrected chi connectivity index (χ4v) is 2.40. The van der Waals surface area contributed by atoms with E-state index in [1.54, 1.807) is 0 Å². The van der Waals surface area contributed by atoms with Gasteiger partial charge in [0, 0.05) is 19.8 Å². The number of nitrogens with one attached hydrogen (secondary N) is 1. The Morgan fingerprint density at radius 3 is 2.62 bits per heavy atom. The molecule has 0 aromatic rings. The Morgan fingerprint density at radius 2 is 2.15 bits per heavy atom. The second kappa shape index (κ2) is 4.18. The van der Waals surface area contributed by atoms with Crippen LogP contribution in [0, 0.1) is 0 Å². The van der Waals surface area contributed by atoms with Gasteiger partial charge in [0.1, 0.15) is 0 Å². The van der Waals surface area contributed by atoms with Crippen LogP contribution in [0.4, 0.5) is 0 Å². The molecular formula is C10H17BrN2. The summed E-state index contributed by atoms with van der Waals surface area (Å²) in [4.78, 5) is 2.19. The zero-order valence-electron chi connectivity index (χ0n) is 8.69. The van der Waals surface area contributed by atoms with Crippen LogP contribution in [0.3, 0.4) is 0 Å². The Bertz CT molecular complexity index is 254. The average molecular weight is 245 g/mol. The maximum absolute atomic E-state index is 3.48. The molecule has 13 heavy (non-hydrogen) atoms. The number of rotatable bonds is 2. The van der Waals surface area contributed by atoms with Crippen LogP contribution in [0.1, 0.15) is 20.3 Å². The minimum absolute atomic E-state index is 0.393. The molecule has 2 nitrogen and oxygen atoms in total. The average Bonchev–Trinajstić information content (AvgIpc) is 2.01. The maximum Gasteiger partial charge on any atom is 0.0788 e. The third kappa shape index (κ3) is 2.27. The lowest BCUT2D eigenvalue weighted by Crippen LogP contribution is -2.35. The summed E-state index contributed by atoms with van der Waals surface area (Å²) in [7, 11) is 4.19. The van der Waals surface area contributed by atoms with Gasteiger partial charge in [-0.2, -0.15) is 0 Å².